The highest BCUT2D eigenvalue weighted by atomic mass is 35.5. The van der Waals surface area contributed by atoms with Crippen molar-refractivity contribution in [3.8, 4) is 0 Å². The number of amides is 1. The standard InChI is InChI=1S/C16H21ClN2O2/c1-16(2,3)19-9-11-8-18(15(20)21)7-6-10-4-5-12(17)14(19)13(10)11/h4-5,11H,6-9H2,1-3H3,(H,20,21)/t11-/m0/s1. The summed E-state index contributed by atoms with van der Waals surface area (Å²) in [5.41, 5.74) is 3.59. The van der Waals surface area contributed by atoms with Gasteiger partial charge >= 0.3 is 6.09 Å². The van der Waals surface area contributed by atoms with Gasteiger partial charge in [-0.15, -0.1) is 0 Å². The van der Waals surface area contributed by atoms with Gasteiger partial charge in [0.25, 0.3) is 0 Å². The molecule has 21 heavy (non-hydrogen) atoms. The Morgan fingerprint density at radius 2 is 2.05 bits per heavy atom. The lowest BCUT2D eigenvalue weighted by Crippen LogP contribution is -2.42. The van der Waals surface area contributed by atoms with Crippen molar-refractivity contribution < 1.29 is 9.90 Å². The van der Waals surface area contributed by atoms with E-state index in [0.29, 0.717) is 13.1 Å². The monoisotopic (exact) mass is 308 g/mol. The molecule has 0 bridgehead atoms. The lowest BCUT2D eigenvalue weighted by atomic mass is 9.95. The number of hydrogen-bond donors (Lipinski definition) is 1. The maximum atomic E-state index is 11.4. The quantitative estimate of drug-likeness (QED) is 0.796. The van der Waals surface area contributed by atoms with Gasteiger partial charge in [-0.2, -0.15) is 0 Å². The van der Waals surface area contributed by atoms with Gasteiger partial charge in [0.05, 0.1) is 10.7 Å². The third-order valence-corrected chi connectivity index (χ3v) is 4.82. The largest absolute Gasteiger partial charge is 0.465 e. The SMILES string of the molecule is CC(C)(C)N1C[C@@H]2CN(C(=O)O)CCc3ccc(Cl)c1c32. The van der Waals surface area contributed by atoms with E-state index in [4.69, 9.17) is 11.6 Å². The van der Waals surface area contributed by atoms with Crippen LogP contribution in [0.2, 0.25) is 5.02 Å². The summed E-state index contributed by atoms with van der Waals surface area (Å²) in [5, 5.41) is 10.1. The summed E-state index contributed by atoms with van der Waals surface area (Å²) in [6.45, 7) is 8.46. The predicted octanol–water partition coefficient (Wildman–Crippen LogP) is 3.58. The Hall–Kier alpha value is -1.42. The van der Waals surface area contributed by atoms with Crippen molar-refractivity contribution in [2.45, 2.75) is 38.6 Å². The van der Waals surface area contributed by atoms with E-state index >= 15 is 0 Å². The van der Waals surface area contributed by atoms with Crippen LogP contribution < -0.4 is 4.90 Å². The molecule has 0 saturated carbocycles. The first kappa shape index (κ1) is 14.5. The second kappa shape index (κ2) is 4.80. The molecule has 0 spiro atoms. The van der Waals surface area contributed by atoms with E-state index in [2.05, 4.69) is 31.7 Å². The first-order chi connectivity index (χ1) is 9.79. The van der Waals surface area contributed by atoms with Crippen LogP contribution in [0.3, 0.4) is 0 Å². The molecule has 1 aromatic rings. The minimum atomic E-state index is -0.829. The van der Waals surface area contributed by atoms with Crippen LogP contribution in [-0.2, 0) is 6.42 Å². The summed E-state index contributed by atoms with van der Waals surface area (Å²) in [6, 6.07) is 4.01. The fourth-order valence-corrected chi connectivity index (χ4v) is 3.79. The smallest absolute Gasteiger partial charge is 0.407 e. The zero-order chi connectivity index (χ0) is 15.4. The Morgan fingerprint density at radius 3 is 2.67 bits per heavy atom. The van der Waals surface area contributed by atoms with E-state index in [9.17, 15) is 9.90 Å². The Morgan fingerprint density at radius 1 is 1.33 bits per heavy atom. The number of halogens is 1. The van der Waals surface area contributed by atoms with E-state index in [-0.39, 0.29) is 11.5 Å². The first-order valence-electron chi connectivity index (χ1n) is 7.36. The molecule has 0 fully saturated rings. The molecule has 5 heteroatoms. The predicted molar refractivity (Wildman–Crippen MR) is 84.6 cm³/mol. The fourth-order valence-electron chi connectivity index (χ4n) is 3.52. The van der Waals surface area contributed by atoms with Gasteiger partial charge in [-0.05, 0) is 44.4 Å². The molecule has 1 aromatic carbocycles. The average molecular weight is 309 g/mol. The lowest BCUT2D eigenvalue weighted by Gasteiger charge is -2.36. The molecule has 0 unspecified atom stereocenters. The Labute approximate surface area is 130 Å². The van der Waals surface area contributed by atoms with Gasteiger partial charge in [-0.1, -0.05) is 17.7 Å². The number of hydrogen-bond acceptors (Lipinski definition) is 2. The van der Waals surface area contributed by atoms with E-state index in [1.807, 2.05) is 6.07 Å². The number of nitrogens with zero attached hydrogens (tertiary/aromatic N) is 2. The van der Waals surface area contributed by atoms with Gasteiger partial charge in [0.2, 0.25) is 0 Å². The molecule has 1 N–H and O–H groups in total. The molecule has 0 radical (unpaired) electrons. The number of anilines is 1. The number of benzene rings is 1. The van der Waals surface area contributed by atoms with Crippen LogP contribution in [0.15, 0.2) is 12.1 Å². The van der Waals surface area contributed by atoms with Crippen molar-refractivity contribution in [1.82, 2.24) is 4.90 Å². The van der Waals surface area contributed by atoms with Crippen LogP contribution >= 0.6 is 11.6 Å². The highest BCUT2D eigenvalue weighted by Gasteiger charge is 2.40. The van der Waals surface area contributed by atoms with Gasteiger partial charge < -0.3 is 14.9 Å². The minimum absolute atomic E-state index is 0.0288. The van der Waals surface area contributed by atoms with E-state index in [1.54, 1.807) is 0 Å². The van der Waals surface area contributed by atoms with Crippen molar-refractivity contribution in [3.63, 3.8) is 0 Å². The second-order valence-electron chi connectivity index (χ2n) is 6.93. The normalized spacial score (nSPS) is 21.2. The summed E-state index contributed by atoms with van der Waals surface area (Å²) < 4.78 is 0. The number of carbonyl (C=O) groups is 1. The lowest BCUT2D eigenvalue weighted by molar-refractivity contribution is 0.144. The Bertz CT molecular complexity index is 595. The summed E-state index contributed by atoms with van der Waals surface area (Å²) in [6.07, 6.45) is -0.0648. The highest BCUT2D eigenvalue weighted by molar-refractivity contribution is 6.33. The van der Waals surface area contributed by atoms with Gasteiger partial charge in [0.15, 0.2) is 0 Å². The topological polar surface area (TPSA) is 43.8 Å². The summed E-state index contributed by atoms with van der Waals surface area (Å²) in [7, 11) is 0. The molecule has 0 aromatic heterocycles. The van der Waals surface area contributed by atoms with Crippen molar-refractivity contribution in [2.24, 2.45) is 0 Å². The maximum Gasteiger partial charge on any atom is 0.407 e. The molecular formula is C16H21ClN2O2. The molecule has 2 heterocycles. The maximum absolute atomic E-state index is 11.4. The molecular weight excluding hydrogens is 288 g/mol. The van der Waals surface area contributed by atoms with Crippen molar-refractivity contribution in [3.05, 3.63) is 28.3 Å². The average Bonchev–Trinajstić information content (AvgIpc) is 2.67. The summed E-state index contributed by atoms with van der Waals surface area (Å²) >= 11 is 6.47. The zero-order valence-corrected chi connectivity index (χ0v) is 13.4. The van der Waals surface area contributed by atoms with Gasteiger partial charge in [0.1, 0.15) is 0 Å². The van der Waals surface area contributed by atoms with Gasteiger partial charge in [0, 0.05) is 31.1 Å². The number of rotatable bonds is 0. The third kappa shape index (κ3) is 2.35. The molecule has 2 aliphatic rings. The molecule has 3 rings (SSSR count). The molecule has 4 nitrogen and oxygen atoms in total. The van der Waals surface area contributed by atoms with E-state index < -0.39 is 6.09 Å². The van der Waals surface area contributed by atoms with Crippen LogP contribution in [-0.4, -0.2) is 41.3 Å². The summed E-state index contributed by atoms with van der Waals surface area (Å²) in [5.74, 6) is 0.214. The van der Waals surface area contributed by atoms with Crippen LogP contribution in [0.25, 0.3) is 0 Å². The summed E-state index contributed by atoms with van der Waals surface area (Å²) in [4.78, 5) is 15.2. The molecule has 114 valence electrons. The Balaban J connectivity index is 2.10. The number of carboxylic acid groups (broad SMARTS) is 1. The van der Waals surface area contributed by atoms with E-state index in [1.165, 1.54) is 16.0 Å². The van der Waals surface area contributed by atoms with Crippen LogP contribution in [0.4, 0.5) is 10.5 Å². The fraction of sp³-hybridized carbons (Fsp3) is 0.562. The molecule has 2 aliphatic heterocycles. The van der Waals surface area contributed by atoms with Crippen molar-refractivity contribution >= 4 is 23.4 Å². The van der Waals surface area contributed by atoms with E-state index in [0.717, 1.165) is 23.7 Å². The molecule has 1 atom stereocenters. The van der Waals surface area contributed by atoms with Crippen molar-refractivity contribution in [1.29, 1.82) is 0 Å². The van der Waals surface area contributed by atoms with Crippen molar-refractivity contribution in [2.75, 3.05) is 24.5 Å². The molecule has 0 saturated heterocycles. The van der Waals surface area contributed by atoms with Crippen LogP contribution in [0, 0.1) is 0 Å². The first-order valence-corrected chi connectivity index (χ1v) is 7.73. The second-order valence-corrected chi connectivity index (χ2v) is 7.33. The van der Waals surface area contributed by atoms with Crippen LogP contribution in [0.5, 0.6) is 0 Å². The highest BCUT2D eigenvalue weighted by Crippen LogP contribution is 2.47. The van der Waals surface area contributed by atoms with Gasteiger partial charge in [-0.25, -0.2) is 4.79 Å². The minimum Gasteiger partial charge on any atom is -0.465 e. The Kier molecular flexibility index (Phi) is 3.32. The van der Waals surface area contributed by atoms with Crippen LogP contribution in [0.1, 0.15) is 37.8 Å². The molecule has 0 aliphatic carbocycles. The zero-order valence-electron chi connectivity index (χ0n) is 12.7. The third-order valence-electron chi connectivity index (χ3n) is 4.51. The van der Waals surface area contributed by atoms with Gasteiger partial charge in [-0.3, -0.25) is 0 Å². The molecule has 1 amide bonds.